The number of anilines is 1. The zero-order chi connectivity index (χ0) is 22.4. The minimum atomic E-state index is -4.48. The van der Waals surface area contributed by atoms with Crippen molar-refractivity contribution in [3.8, 4) is 11.3 Å². The van der Waals surface area contributed by atoms with E-state index in [9.17, 15) is 28.1 Å². The zero-order valence-corrected chi connectivity index (χ0v) is 15.7. The van der Waals surface area contributed by atoms with Crippen molar-refractivity contribution in [3.63, 3.8) is 0 Å². The van der Waals surface area contributed by atoms with Crippen molar-refractivity contribution in [1.29, 1.82) is 0 Å². The lowest BCUT2D eigenvalue weighted by Crippen LogP contribution is -2.26. The van der Waals surface area contributed by atoms with Gasteiger partial charge in [0.05, 0.1) is 23.2 Å². The van der Waals surface area contributed by atoms with Crippen molar-refractivity contribution in [2.45, 2.75) is 6.18 Å². The Labute approximate surface area is 173 Å². The summed E-state index contributed by atoms with van der Waals surface area (Å²) in [5.74, 6) is 0.0782. The molecular weight excluding hydrogens is 417 g/mol. The lowest BCUT2D eigenvalue weighted by atomic mass is 10.1. The van der Waals surface area contributed by atoms with Gasteiger partial charge < -0.3 is 9.73 Å². The Balaban J connectivity index is 1.54. The first-order chi connectivity index (χ1) is 14.7. The fourth-order valence-electron chi connectivity index (χ4n) is 2.55. The van der Waals surface area contributed by atoms with Crippen LogP contribution in [-0.2, 0) is 11.0 Å². The summed E-state index contributed by atoms with van der Waals surface area (Å²) in [5.41, 5.74) is 1.95. The lowest BCUT2D eigenvalue weighted by molar-refractivity contribution is -0.384. The molecule has 0 saturated carbocycles. The Kier molecular flexibility index (Phi) is 6.34. The second-order valence-corrected chi connectivity index (χ2v) is 6.23. The van der Waals surface area contributed by atoms with Crippen molar-refractivity contribution in [3.05, 3.63) is 82.1 Å². The van der Waals surface area contributed by atoms with E-state index < -0.39 is 22.6 Å². The highest BCUT2D eigenvalue weighted by Crippen LogP contribution is 2.30. The Morgan fingerprint density at radius 1 is 1.13 bits per heavy atom. The van der Waals surface area contributed by atoms with Crippen LogP contribution in [0.3, 0.4) is 0 Å². The molecule has 0 bridgehead atoms. The van der Waals surface area contributed by atoms with Gasteiger partial charge in [-0.15, -0.1) is 0 Å². The number of nitrogens with zero attached hydrogens (tertiary/aromatic N) is 2. The van der Waals surface area contributed by atoms with Gasteiger partial charge >= 0.3 is 6.18 Å². The van der Waals surface area contributed by atoms with Crippen LogP contribution >= 0.6 is 0 Å². The van der Waals surface area contributed by atoms with E-state index in [1.807, 2.05) is 0 Å². The maximum atomic E-state index is 12.7. The summed E-state index contributed by atoms with van der Waals surface area (Å²) in [7, 11) is 0. The number of nitrogens with one attached hydrogen (secondary N) is 2. The second kappa shape index (κ2) is 9.11. The van der Waals surface area contributed by atoms with Crippen molar-refractivity contribution in [2.75, 3.05) is 11.9 Å². The minimum absolute atomic E-state index is 0.0790. The molecule has 0 saturated heterocycles. The normalized spacial score (nSPS) is 11.5. The molecule has 2 N–H and O–H groups in total. The average molecular weight is 432 g/mol. The predicted octanol–water partition coefficient (Wildman–Crippen LogP) is 4.44. The number of carbonyl (C=O) groups is 1. The van der Waals surface area contributed by atoms with Crippen LogP contribution in [0.15, 0.2) is 70.2 Å². The third kappa shape index (κ3) is 5.92. The fraction of sp³-hybridized carbons (Fsp3) is 0.100. The molecule has 1 amide bonds. The van der Waals surface area contributed by atoms with E-state index in [1.165, 1.54) is 36.5 Å². The number of non-ortho nitro benzene ring substituents is 1. The van der Waals surface area contributed by atoms with Crippen LogP contribution in [-0.4, -0.2) is 23.6 Å². The number of benzene rings is 2. The molecule has 0 unspecified atom stereocenters. The molecule has 2 aromatic carbocycles. The zero-order valence-electron chi connectivity index (χ0n) is 15.7. The van der Waals surface area contributed by atoms with Crippen molar-refractivity contribution in [1.82, 2.24) is 5.43 Å². The Bertz CT molecular complexity index is 1130. The van der Waals surface area contributed by atoms with Gasteiger partial charge in [0, 0.05) is 23.4 Å². The number of nitro benzene ring substituents is 1. The highest BCUT2D eigenvalue weighted by atomic mass is 19.4. The SMILES string of the molecule is O=C(CNc1cccc(C(F)(F)F)c1)N/N=C\c1ccc(-c2cccc([N+](=O)[O-])c2)o1. The number of halogens is 3. The standard InChI is InChI=1S/C20H15F3N4O4/c21-20(22,23)14-4-2-5-15(10-14)24-12-19(28)26-25-11-17-7-8-18(31-17)13-3-1-6-16(9-13)27(29)30/h1-11,24H,12H2,(H,26,28)/b25-11-. The molecule has 3 aromatic rings. The minimum Gasteiger partial charge on any atom is -0.455 e. The number of hydrogen-bond acceptors (Lipinski definition) is 6. The van der Waals surface area contributed by atoms with Gasteiger partial charge in [-0.05, 0) is 30.3 Å². The highest BCUT2D eigenvalue weighted by molar-refractivity contribution is 5.83. The van der Waals surface area contributed by atoms with Gasteiger partial charge in [-0.2, -0.15) is 18.3 Å². The molecule has 31 heavy (non-hydrogen) atoms. The molecular formula is C20H15F3N4O4. The summed E-state index contributed by atoms with van der Waals surface area (Å²) in [6.07, 6.45) is -3.25. The summed E-state index contributed by atoms with van der Waals surface area (Å²) >= 11 is 0. The molecule has 1 heterocycles. The first-order valence-electron chi connectivity index (χ1n) is 8.80. The van der Waals surface area contributed by atoms with E-state index in [0.717, 1.165) is 12.1 Å². The summed E-state index contributed by atoms with van der Waals surface area (Å²) in [5, 5.41) is 17.2. The van der Waals surface area contributed by atoms with Crippen LogP contribution < -0.4 is 10.7 Å². The molecule has 8 nitrogen and oxygen atoms in total. The van der Waals surface area contributed by atoms with Crippen LogP contribution in [0, 0.1) is 10.1 Å². The molecule has 1 aromatic heterocycles. The Hall–Kier alpha value is -4.15. The number of amides is 1. The van der Waals surface area contributed by atoms with Crippen molar-refractivity contribution < 1.29 is 27.3 Å². The van der Waals surface area contributed by atoms with E-state index in [2.05, 4.69) is 15.8 Å². The third-order valence-electron chi connectivity index (χ3n) is 3.99. The second-order valence-electron chi connectivity index (χ2n) is 6.23. The summed E-state index contributed by atoms with van der Waals surface area (Å²) in [6, 6.07) is 13.5. The van der Waals surface area contributed by atoms with Crippen LogP contribution in [0.25, 0.3) is 11.3 Å². The lowest BCUT2D eigenvalue weighted by Gasteiger charge is -2.09. The average Bonchev–Trinajstić information content (AvgIpc) is 3.21. The maximum Gasteiger partial charge on any atom is 0.416 e. The van der Waals surface area contributed by atoms with Gasteiger partial charge in [0.25, 0.3) is 11.6 Å². The number of furan rings is 1. The van der Waals surface area contributed by atoms with Crippen LogP contribution in [0.5, 0.6) is 0 Å². The molecule has 160 valence electrons. The van der Waals surface area contributed by atoms with Gasteiger partial charge in [0.15, 0.2) is 0 Å². The quantitative estimate of drug-likeness (QED) is 0.326. The number of hydrazone groups is 1. The van der Waals surface area contributed by atoms with Crippen LogP contribution in [0.4, 0.5) is 24.5 Å². The van der Waals surface area contributed by atoms with Gasteiger partial charge in [0.2, 0.25) is 0 Å². The van der Waals surface area contributed by atoms with E-state index in [0.29, 0.717) is 11.3 Å². The number of rotatable bonds is 7. The van der Waals surface area contributed by atoms with E-state index in [1.54, 1.807) is 18.2 Å². The smallest absolute Gasteiger partial charge is 0.416 e. The molecule has 11 heteroatoms. The Morgan fingerprint density at radius 3 is 2.65 bits per heavy atom. The van der Waals surface area contributed by atoms with Crippen LogP contribution in [0.2, 0.25) is 0 Å². The maximum absolute atomic E-state index is 12.7. The molecule has 0 aliphatic rings. The first kappa shape index (κ1) is 21.6. The molecule has 0 aliphatic carbocycles. The number of alkyl halides is 3. The van der Waals surface area contributed by atoms with Crippen LogP contribution in [0.1, 0.15) is 11.3 Å². The van der Waals surface area contributed by atoms with Gasteiger partial charge in [-0.1, -0.05) is 18.2 Å². The van der Waals surface area contributed by atoms with Gasteiger partial charge in [-0.3, -0.25) is 14.9 Å². The molecule has 0 radical (unpaired) electrons. The van der Waals surface area contributed by atoms with E-state index >= 15 is 0 Å². The summed E-state index contributed by atoms with van der Waals surface area (Å²) in [4.78, 5) is 22.2. The first-order valence-corrected chi connectivity index (χ1v) is 8.80. The predicted molar refractivity (Wildman–Crippen MR) is 106 cm³/mol. The molecule has 0 spiro atoms. The molecule has 0 aliphatic heterocycles. The molecule has 3 rings (SSSR count). The van der Waals surface area contributed by atoms with Gasteiger partial charge in [0.1, 0.15) is 11.5 Å². The largest absolute Gasteiger partial charge is 0.455 e. The summed E-state index contributed by atoms with van der Waals surface area (Å²) < 4.78 is 43.6. The molecule has 0 fully saturated rings. The highest BCUT2D eigenvalue weighted by Gasteiger charge is 2.30. The molecule has 0 atom stereocenters. The van der Waals surface area contributed by atoms with E-state index in [-0.39, 0.29) is 23.7 Å². The summed E-state index contributed by atoms with van der Waals surface area (Å²) in [6.45, 7) is -0.296. The number of hydrogen-bond donors (Lipinski definition) is 2. The number of carbonyl (C=O) groups excluding carboxylic acids is 1. The third-order valence-corrected chi connectivity index (χ3v) is 3.99. The van der Waals surface area contributed by atoms with Gasteiger partial charge in [-0.25, -0.2) is 5.43 Å². The topological polar surface area (TPSA) is 110 Å². The Morgan fingerprint density at radius 2 is 1.90 bits per heavy atom. The number of nitro groups is 1. The van der Waals surface area contributed by atoms with Crippen molar-refractivity contribution >= 4 is 23.5 Å². The van der Waals surface area contributed by atoms with Crippen molar-refractivity contribution in [2.24, 2.45) is 5.10 Å². The van der Waals surface area contributed by atoms with E-state index in [4.69, 9.17) is 4.42 Å². The monoisotopic (exact) mass is 432 g/mol. The fourth-order valence-corrected chi connectivity index (χ4v) is 2.55.